The minimum absolute atomic E-state index is 0. The van der Waals surface area contributed by atoms with Gasteiger partial charge in [0.05, 0.1) is 18.2 Å². The van der Waals surface area contributed by atoms with E-state index in [0.29, 0.717) is 31.3 Å². The average Bonchev–Trinajstić information content (AvgIpc) is 3.11. The zero-order valence-electron chi connectivity index (χ0n) is 32.2. The Morgan fingerprint density at radius 2 is 1.78 bits per heavy atom. The SMILES string of the molecule is COCCOc1cc[c-]c(-c2cc(C(CNC(=O)OC(C)(C)C)c3ccccc3)ccc2C)c1F.N/C=C(\C=NCC(=O)O)CNC1CCCCC1.[NH2-].[Y]. The van der Waals surface area contributed by atoms with Crippen LogP contribution in [0.15, 0.2) is 77.4 Å². The Labute approximate surface area is 345 Å². The topological polar surface area (TPSA) is 178 Å². The maximum absolute atomic E-state index is 15.4. The molecule has 0 heterocycles. The van der Waals surface area contributed by atoms with Crippen LogP contribution in [-0.2, 0) is 47.0 Å². The van der Waals surface area contributed by atoms with Crippen LogP contribution in [0, 0.1) is 18.8 Å². The summed E-state index contributed by atoms with van der Waals surface area (Å²) in [5.41, 5.74) is 9.63. The molecule has 1 amide bonds. The molecule has 0 spiro atoms. The third-order valence-electron chi connectivity index (χ3n) is 8.33. The molecular formula is C41H56FN5O6Y-2. The number of alkyl carbamates (subject to hydrolysis) is 1. The van der Waals surface area contributed by atoms with Gasteiger partial charge in [0.25, 0.3) is 0 Å². The van der Waals surface area contributed by atoms with E-state index < -0.39 is 23.5 Å². The number of hydrogen-bond acceptors (Lipinski definition) is 8. The fourth-order valence-electron chi connectivity index (χ4n) is 5.70. The second-order valence-electron chi connectivity index (χ2n) is 13.6. The van der Waals surface area contributed by atoms with Crippen LogP contribution in [0.25, 0.3) is 17.3 Å². The van der Waals surface area contributed by atoms with Crippen molar-refractivity contribution < 1.29 is 66.0 Å². The van der Waals surface area contributed by atoms with Crippen LogP contribution in [0.1, 0.15) is 75.5 Å². The Kier molecular flexibility index (Phi) is 22.8. The number of nitrogens with two attached hydrogens (primary N) is 2. The molecule has 1 fully saturated rings. The number of aliphatic imine (C=N–C) groups is 1. The summed E-state index contributed by atoms with van der Waals surface area (Å²) >= 11 is 0. The van der Waals surface area contributed by atoms with E-state index in [9.17, 15) is 9.59 Å². The molecule has 1 aliphatic rings. The number of rotatable bonds is 15. The smallest absolute Gasteiger partial charge is 0.407 e. The number of aryl methyl sites for hydroxylation is 1. The first kappa shape index (κ1) is 48.3. The van der Waals surface area contributed by atoms with Crippen molar-refractivity contribution in [3.8, 4) is 16.9 Å². The number of benzene rings is 3. The van der Waals surface area contributed by atoms with Crippen molar-refractivity contribution >= 4 is 18.3 Å². The summed E-state index contributed by atoms with van der Waals surface area (Å²) in [4.78, 5) is 26.4. The van der Waals surface area contributed by atoms with E-state index in [4.69, 9.17) is 25.1 Å². The number of amides is 1. The van der Waals surface area contributed by atoms with Gasteiger partial charge in [0.2, 0.25) is 0 Å². The molecule has 11 nitrogen and oxygen atoms in total. The van der Waals surface area contributed by atoms with Crippen LogP contribution in [0.5, 0.6) is 5.75 Å². The minimum atomic E-state index is -0.933. The molecule has 293 valence electrons. The number of carbonyl (C=O) groups excluding carboxylic acids is 1. The first-order valence-corrected chi connectivity index (χ1v) is 17.7. The van der Waals surface area contributed by atoms with Crippen LogP contribution in [0.4, 0.5) is 9.18 Å². The molecule has 54 heavy (non-hydrogen) atoms. The van der Waals surface area contributed by atoms with Gasteiger partial charge < -0.3 is 41.8 Å². The van der Waals surface area contributed by atoms with Gasteiger partial charge in [0.15, 0.2) is 0 Å². The fourth-order valence-corrected chi connectivity index (χ4v) is 5.70. The molecule has 4 rings (SSSR count). The van der Waals surface area contributed by atoms with Gasteiger partial charge in [0.1, 0.15) is 18.8 Å². The van der Waals surface area contributed by atoms with E-state index in [2.05, 4.69) is 21.7 Å². The van der Waals surface area contributed by atoms with Gasteiger partial charge in [-0.1, -0.05) is 85.0 Å². The zero-order valence-corrected chi connectivity index (χ0v) is 35.0. The molecule has 1 radical (unpaired) electrons. The number of ether oxygens (including phenoxy) is 3. The van der Waals surface area contributed by atoms with Gasteiger partial charge in [-0.3, -0.25) is 14.2 Å². The monoisotopic (exact) mass is 822 g/mol. The molecule has 0 aliphatic heterocycles. The minimum Gasteiger partial charge on any atom is -0.693 e. The van der Waals surface area contributed by atoms with Crippen LogP contribution in [-0.4, -0.2) is 75.0 Å². The Morgan fingerprint density at radius 3 is 2.41 bits per heavy atom. The Morgan fingerprint density at radius 1 is 1.07 bits per heavy atom. The van der Waals surface area contributed by atoms with Gasteiger partial charge in [-0.15, -0.1) is 17.7 Å². The molecule has 7 N–H and O–H groups in total. The maximum atomic E-state index is 15.4. The molecule has 0 aromatic heterocycles. The van der Waals surface area contributed by atoms with E-state index in [0.717, 1.165) is 27.8 Å². The Balaban J connectivity index is 0.000000650. The van der Waals surface area contributed by atoms with Crippen molar-refractivity contribution in [2.75, 3.05) is 40.0 Å². The standard InChI is InChI=1S/C29H33FNO4.C12H21N3O2.H2N.Y/c1-20-14-15-22(18-24(20)23-12-9-13-26(27(23)30)34-17-16-33-5)25(21-10-7-6-8-11-21)19-31-28(32)35-29(2,3)4;13-6-10(7-14-9-12(16)17)8-15-11-4-2-1-3-5-11;;/h6-11,13-15,18,25H,16-17,19H2,1-5H3,(H,31,32);6-7,11,15H,1-5,8-9,13H2,(H,16,17);1H2;/q-1;;-1;/b;10-6+,14-7?;;. The molecule has 3 aromatic carbocycles. The van der Waals surface area contributed by atoms with Crippen LogP contribution < -0.4 is 21.1 Å². The quantitative estimate of drug-likeness (QED) is 0.0679. The Bertz CT molecular complexity index is 1630. The van der Waals surface area contributed by atoms with Crippen molar-refractivity contribution in [2.45, 2.75) is 77.4 Å². The van der Waals surface area contributed by atoms with Crippen LogP contribution in [0.3, 0.4) is 0 Å². The van der Waals surface area contributed by atoms with Crippen molar-refractivity contribution in [3.63, 3.8) is 0 Å². The van der Waals surface area contributed by atoms with Gasteiger partial charge in [-0.2, -0.15) is 0 Å². The number of carboxylic acids is 1. The first-order chi connectivity index (χ1) is 24.9. The van der Waals surface area contributed by atoms with Gasteiger partial charge in [-0.05, 0) is 63.4 Å². The normalized spacial score (nSPS) is 13.8. The third-order valence-corrected chi connectivity index (χ3v) is 8.33. The molecule has 3 aromatic rings. The molecule has 13 heteroatoms. The molecule has 0 saturated heterocycles. The number of carboxylic acid groups (broad SMARTS) is 1. The predicted molar refractivity (Wildman–Crippen MR) is 209 cm³/mol. The molecule has 1 unspecified atom stereocenters. The molecule has 1 atom stereocenters. The third kappa shape index (κ3) is 17.2. The average molecular weight is 823 g/mol. The van der Waals surface area contributed by atoms with Crippen LogP contribution >= 0.6 is 0 Å². The number of halogens is 1. The van der Waals surface area contributed by atoms with Gasteiger partial charge in [-0.25, -0.2) is 4.79 Å². The zero-order chi connectivity index (χ0) is 37.9. The largest absolute Gasteiger partial charge is 0.693 e. The van der Waals surface area contributed by atoms with Crippen molar-refractivity contribution in [3.05, 3.63) is 107 Å². The first-order valence-electron chi connectivity index (χ1n) is 17.7. The van der Waals surface area contributed by atoms with Gasteiger partial charge in [0, 0.05) is 71.1 Å². The van der Waals surface area contributed by atoms with Crippen molar-refractivity contribution in [1.29, 1.82) is 0 Å². The second-order valence-corrected chi connectivity index (χ2v) is 13.6. The molecule has 0 bridgehead atoms. The van der Waals surface area contributed by atoms with E-state index in [1.165, 1.54) is 44.5 Å². The van der Waals surface area contributed by atoms with Gasteiger partial charge >= 0.3 is 12.1 Å². The number of nitrogens with one attached hydrogen (secondary N) is 2. The van der Waals surface area contributed by atoms with E-state index in [1.54, 1.807) is 19.2 Å². The Hall–Kier alpha value is -3.68. The van der Waals surface area contributed by atoms with E-state index >= 15 is 4.39 Å². The second kappa shape index (κ2) is 25.4. The molecule has 1 aliphatic carbocycles. The van der Waals surface area contributed by atoms with E-state index in [-0.39, 0.29) is 63.7 Å². The molecular weight excluding hydrogens is 766 g/mol. The van der Waals surface area contributed by atoms with Crippen LogP contribution in [0.2, 0.25) is 0 Å². The van der Waals surface area contributed by atoms with Crippen molar-refractivity contribution in [1.82, 2.24) is 10.6 Å². The summed E-state index contributed by atoms with van der Waals surface area (Å²) in [6.45, 7) is 8.80. The summed E-state index contributed by atoms with van der Waals surface area (Å²) in [6.07, 6.45) is 8.85. The number of carbonyl (C=O) groups is 2. The maximum Gasteiger partial charge on any atom is 0.407 e. The summed E-state index contributed by atoms with van der Waals surface area (Å²) < 4.78 is 31.3. The number of hydrogen-bond donors (Lipinski definition) is 4. The fraction of sp³-hybridized carbons (Fsp3) is 0.439. The molecule has 1 saturated carbocycles. The number of aliphatic carboxylic acids is 1. The summed E-state index contributed by atoms with van der Waals surface area (Å²) in [7, 11) is 1.57. The summed E-state index contributed by atoms with van der Waals surface area (Å²) in [6, 6.07) is 22.6. The van der Waals surface area contributed by atoms with E-state index in [1.807, 2.05) is 76.2 Å². The number of nitrogens with zero attached hydrogens (tertiary/aromatic N) is 1. The van der Waals surface area contributed by atoms with Crippen molar-refractivity contribution in [2.24, 2.45) is 10.7 Å². The number of methoxy groups -OCH3 is 1. The summed E-state index contributed by atoms with van der Waals surface area (Å²) in [5.74, 6) is -1.40. The summed E-state index contributed by atoms with van der Waals surface area (Å²) in [5, 5.41) is 14.8. The predicted octanol–water partition coefficient (Wildman–Crippen LogP) is 7.90.